The number of hydrogen-bond acceptors (Lipinski definition) is 7. The number of amides is 1. The van der Waals surface area contributed by atoms with Crippen molar-refractivity contribution in [2.24, 2.45) is 5.41 Å². The Hall–Kier alpha value is -3.92. The highest BCUT2D eigenvalue weighted by Crippen LogP contribution is 2.46. The second kappa shape index (κ2) is 12.2. The molecule has 0 radical (unpaired) electrons. The zero-order valence-electron chi connectivity index (χ0n) is 25.2. The van der Waals surface area contributed by atoms with Crippen LogP contribution < -0.4 is 14.5 Å². The van der Waals surface area contributed by atoms with Gasteiger partial charge in [0.25, 0.3) is 0 Å². The van der Waals surface area contributed by atoms with Gasteiger partial charge in [0, 0.05) is 43.2 Å². The van der Waals surface area contributed by atoms with Gasteiger partial charge < -0.3 is 29.2 Å². The molecule has 0 N–H and O–H groups in total. The maximum absolute atomic E-state index is 14.6. The second-order valence-corrected chi connectivity index (χ2v) is 12.3. The number of rotatable bonds is 9. The van der Waals surface area contributed by atoms with Crippen LogP contribution in [0.5, 0.6) is 6.01 Å². The summed E-state index contributed by atoms with van der Waals surface area (Å²) >= 11 is 0. The summed E-state index contributed by atoms with van der Waals surface area (Å²) in [7, 11) is 4.00. The van der Waals surface area contributed by atoms with Crippen LogP contribution in [0.25, 0.3) is 4.85 Å². The van der Waals surface area contributed by atoms with E-state index in [0.29, 0.717) is 44.2 Å². The summed E-state index contributed by atoms with van der Waals surface area (Å²) in [5.41, 5.74) is -0.278. The standard InChI is InChI=1S/C31H37F4N7O2/c1-6-26(43)41-13-12-40(16-21(41)15-36-3)28-22-14-20(2)42(25-9-7-8-23(32)27(25)31(33,34)35)17-24(22)37-29(38-28)44-19-30(10-11-30)18-39(4)5/h6-9,20-21H,1,10-19H2,2,4-5H3/t20-,21-/m0/s1. The topological polar surface area (TPSA) is 69.4 Å². The molecule has 5 rings (SSSR count). The molecule has 44 heavy (non-hydrogen) atoms. The molecule has 1 aromatic carbocycles. The third-order valence-electron chi connectivity index (χ3n) is 8.64. The lowest BCUT2D eigenvalue weighted by Crippen LogP contribution is -2.56. The first-order valence-electron chi connectivity index (χ1n) is 14.7. The van der Waals surface area contributed by atoms with Crippen molar-refractivity contribution in [3.05, 3.63) is 64.9 Å². The molecule has 0 unspecified atom stereocenters. The van der Waals surface area contributed by atoms with Gasteiger partial charge in [0.2, 0.25) is 12.5 Å². The van der Waals surface area contributed by atoms with Crippen LogP contribution in [0.15, 0.2) is 30.9 Å². The summed E-state index contributed by atoms with van der Waals surface area (Å²) in [6, 6.07) is 2.69. The van der Waals surface area contributed by atoms with Gasteiger partial charge in [-0.3, -0.25) is 4.79 Å². The van der Waals surface area contributed by atoms with Gasteiger partial charge in [-0.15, -0.1) is 0 Å². The average molecular weight is 616 g/mol. The number of benzene rings is 1. The average Bonchev–Trinajstić information content (AvgIpc) is 3.73. The van der Waals surface area contributed by atoms with E-state index in [1.165, 1.54) is 23.1 Å². The molecule has 13 heteroatoms. The number of fused-ring (bicyclic) bond motifs is 1. The van der Waals surface area contributed by atoms with Crippen LogP contribution in [-0.2, 0) is 23.9 Å². The van der Waals surface area contributed by atoms with Crippen molar-refractivity contribution in [1.82, 2.24) is 19.8 Å². The largest absolute Gasteiger partial charge is 0.463 e. The van der Waals surface area contributed by atoms with E-state index in [4.69, 9.17) is 21.3 Å². The Morgan fingerprint density at radius 1 is 1.27 bits per heavy atom. The van der Waals surface area contributed by atoms with Gasteiger partial charge in [-0.2, -0.15) is 23.1 Å². The molecule has 0 bridgehead atoms. The highest BCUT2D eigenvalue weighted by molar-refractivity contribution is 5.87. The smallest absolute Gasteiger partial charge is 0.421 e. The number of hydrogen-bond donors (Lipinski definition) is 0. The zero-order chi connectivity index (χ0) is 31.8. The predicted molar refractivity (Wildman–Crippen MR) is 158 cm³/mol. The molecule has 1 aromatic heterocycles. The normalized spacial score (nSPS) is 21.1. The van der Waals surface area contributed by atoms with Crippen molar-refractivity contribution in [2.45, 2.75) is 51.0 Å². The molecule has 2 atom stereocenters. The first-order chi connectivity index (χ1) is 20.9. The van der Waals surface area contributed by atoms with E-state index in [2.05, 4.69) is 16.3 Å². The minimum atomic E-state index is -4.88. The molecule has 2 aromatic rings. The van der Waals surface area contributed by atoms with Gasteiger partial charge >= 0.3 is 12.2 Å². The Balaban J connectivity index is 1.52. The molecule has 236 valence electrons. The second-order valence-electron chi connectivity index (χ2n) is 12.3. The summed E-state index contributed by atoms with van der Waals surface area (Å²) in [6.07, 6.45) is -1.32. The Morgan fingerprint density at radius 2 is 2.02 bits per heavy atom. The van der Waals surface area contributed by atoms with Crippen LogP contribution in [0.1, 0.15) is 36.6 Å². The van der Waals surface area contributed by atoms with Crippen LogP contribution in [0, 0.1) is 17.8 Å². The number of aromatic nitrogens is 2. The Morgan fingerprint density at radius 3 is 2.66 bits per heavy atom. The van der Waals surface area contributed by atoms with Crippen LogP contribution in [0.4, 0.5) is 29.1 Å². The number of nitrogens with zero attached hydrogens (tertiary/aromatic N) is 7. The number of piperazine rings is 1. The predicted octanol–water partition coefficient (Wildman–Crippen LogP) is 4.43. The molecule has 3 heterocycles. The first kappa shape index (κ1) is 31.5. The van der Waals surface area contributed by atoms with E-state index in [1.807, 2.05) is 19.0 Å². The van der Waals surface area contributed by atoms with Crippen molar-refractivity contribution in [3.63, 3.8) is 0 Å². The summed E-state index contributed by atoms with van der Waals surface area (Å²) < 4.78 is 62.8. The van der Waals surface area contributed by atoms with Gasteiger partial charge in [-0.25, -0.2) is 11.0 Å². The van der Waals surface area contributed by atoms with E-state index in [1.54, 1.807) is 11.8 Å². The minimum absolute atomic E-state index is 0.00183. The van der Waals surface area contributed by atoms with E-state index in [0.717, 1.165) is 31.0 Å². The number of carbonyl (C=O) groups is 1. The minimum Gasteiger partial charge on any atom is -0.463 e. The van der Waals surface area contributed by atoms with Crippen LogP contribution >= 0.6 is 0 Å². The molecule has 0 spiro atoms. The van der Waals surface area contributed by atoms with Gasteiger partial charge in [0.15, 0.2) is 0 Å². The lowest BCUT2D eigenvalue weighted by atomic mass is 9.96. The lowest BCUT2D eigenvalue weighted by Gasteiger charge is -2.42. The maximum Gasteiger partial charge on any atom is 0.421 e. The Kier molecular flexibility index (Phi) is 8.75. The van der Waals surface area contributed by atoms with E-state index in [9.17, 15) is 22.4 Å². The summed E-state index contributed by atoms with van der Waals surface area (Å²) in [5.74, 6) is -0.985. The number of ether oxygens (including phenoxy) is 1. The highest BCUT2D eigenvalue weighted by atomic mass is 19.4. The van der Waals surface area contributed by atoms with Gasteiger partial charge in [-0.05, 0) is 58.5 Å². The molecule has 2 aliphatic heterocycles. The van der Waals surface area contributed by atoms with Crippen molar-refractivity contribution in [1.29, 1.82) is 0 Å². The first-order valence-corrected chi connectivity index (χ1v) is 14.7. The number of halogens is 4. The molecule has 2 fully saturated rings. The van der Waals surface area contributed by atoms with E-state index < -0.39 is 29.6 Å². The SMILES string of the molecule is [C-]#[N+]C[C@H]1CN(c2nc(OCC3(CN(C)C)CC3)nc3c2C[C@H](C)N(c2cccc(F)c2C(F)(F)F)C3)CCN1C(=O)C=C. The molecular weight excluding hydrogens is 578 g/mol. The monoisotopic (exact) mass is 615 g/mol. The zero-order valence-corrected chi connectivity index (χ0v) is 25.2. The molecule has 1 amide bonds. The van der Waals surface area contributed by atoms with E-state index in [-0.39, 0.29) is 36.1 Å². The third kappa shape index (κ3) is 6.45. The quantitative estimate of drug-likeness (QED) is 0.235. The van der Waals surface area contributed by atoms with E-state index >= 15 is 0 Å². The van der Waals surface area contributed by atoms with Crippen molar-refractivity contribution < 1.29 is 27.1 Å². The Bertz CT molecular complexity index is 1450. The fourth-order valence-corrected chi connectivity index (χ4v) is 6.37. The molecule has 9 nitrogen and oxygen atoms in total. The Labute approximate surface area is 254 Å². The van der Waals surface area contributed by atoms with Crippen molar-refractivity contribution in [2.75, 3.05) is 63.2 Å². The molecule has 1 saturated carbocycles. The van der Waals surface area contributed by atoms with Crippen LogP contribution in [0.3, 0.4) is 0 Å². The van der Waals surface area contributed by atoms with Gasteiger partial charge in [0.1, 0.15) is 23.2 Å². The maximum atomic E-state index is 14.6. The lowest BCUT2D eigenvalue weighted by molar-refractivity contribution is -0.139. The molecule has 1 saturated heterocycles. The molecule has 1 aliphatic carbocycles. The summed E-state index contributed by atoms with van der Waals surface area (Å²) in [6.45, 7) is 15.3. The number of anilines is 2. The summed E-state index contributed by atoms with van der Waals surface area (Å²) in [5, 5.41) is 0. The number of carbonyl (C=O) groups excluding carboxylic acids is 1. The van der Waals surface area contributed by atoms with Crippen LogP contribution in [-0.4, -0.2) is 91.2 Å². The van der Waals surface area contributed by atoms with Gasteiger partial charge in [-0.1, -0.05) is 12.6 Å². The third-order valence-corrected chi connectivity index (χ3v) is 8.64. The van der Waals surface area contributed by atoms with Crippen molar-refractivity contribution in [3.8, 4) is 6.01 Å². The van der Waals surface area contributed by atoms with Crippen molar-refractivity contribution >= 4 is 17.4 Å². The van der Waals surface area contributed by atoms with Crippen LogP contribution in [0.2, 0.25) is 0 Å². The number of alkyl halides is 3. The molecular formula is C31H37F4N7O2. The highest BCUT2D eigenvalue weighted by Gasteiger charge is 2.45. The van der Waals surface area contributed by atoms with Gasteiger partial charge in [0.05, 0.1) is 24.5 Å². The summed E-state index contributed by atoms with van der Waals surface area (Å²) in [4.78, 5) is 32.9. The fraction of sp³-hybridized carbons (Fsp3) is 0.548. The fourth-order valence-electron chi connectivity index (χ4n) is 6.37. The molecule has 3 aliphatic rings.